The van der Waals surface area contributed by atoms with Gasteiger partial charge in [-0.1, -0.05) is 17.7 Å². The summed E-state index contributed by atoms with van der Waals surface area (Å²) in [6.07, 6.45) is 1.76. The lowest BCUT2D eigenvalue weighted by Crippen LogP contribution is -2.10. The molecule has 0 radical (unpaired) electrons. The Morgan fingerprint density at radius 3 is 2.25 bits per heavy atom. The van der Waals surface area contributed by atoms with Gasteiger partial charge in [-0.05, 0) is 43.3 Å². The predicted molar refractivity (Wildman–Crippen MR) is 94.9 cm³/mol. The fourth-order valence-corrected chi connectivity index (χ4v) is 2.38. The molecule has 6 nitrogen and oxygen atoms in total. The van der Waals surface area contributed by atoms with Crippen LogP contribution >= 0.6 is 0 Å². The second-order valence-electron chi connectivity index (χ2n) is 5.40. The van der Waals surface area contributed by atoms with Crippen LogP contribution in [0.25, 0.3) is 11.0 Å². The van der Waals surface area contributed by atoms with Gasteiger partial charge in [0.2, 0.25) is 0 Å². The molecule has 0 fully saturated rings. The average Bonchev–Trinajstić information content (AvgIpc) is 2.54. The number of hydrogen-bond donors (Lipinski definition) is 1. The Labute approximate surface area is 141 Å². The van der Waals surface area contributed by atoms with E-state index in [0.717, 1.165) is 22.4 Å². The summed E-state index contributed by atoms with van der Waals surface area (Å²) in [7, 11) is -0.0809. The quantitative estimate of drug-likeness (QED) is 0.719. The van der Waals surface area contributed by atoms with Gasteiger partial charge in [0.25, 0.3) is 10.1 Å². The summed E-state index contributed by atoms with van der Waals surface area (Å²) >= 11 is 0. The molecule has 0 spiro atoms. The summed E-state index contributed by atoms with van der Waals surface area (Å²) in [4.78, 5) is 10.5. The third kappa shape index (κ3) is 4.74. The Bertz CT molecular complexity index is 923. The molecule has 7 heteroatoms. The summed E-state index contributed by atoms with van der Waals surface area (Å²) in [5.74, 6) is 0.936. The van der Waals surface area contributed by atoms with Gasteiger partial charge >= 0.3 is 0 Å². The fourth-order valence-electron chi connectivity index (χ4n) is 1.90. The van der Waals surface area contributed by atoms with Gasteiger partial charge in [-0.25, -0.2) is 9.97 Å². The first-order valence-electron chi connectivity index (χ1n) is 7.20. The standard InChI is InChI=1S/C10H11N3.C7H8O3S/c1-13(2)9-6-5-8-4-3-7-11-10(8)12-9;1-6-2-4-7(5-3-6)11(8,9)10/h3-7H,1-2H3;2-5H,1H3,(H,8,9,10). The average molecular weight is 345 g/mol. The molecular weight excluding hydrogens is 326 g/mol. The first-order chi connectivity index (χ1) is 11.3. The molecule has 0 atom stereocenters. The van der Waals surface area contributed by atoms with E-state index in [9.17, 15) is 8.42 Å². The van der Waals surface area contributed by atoms with Crippen LogP contribution in [0.1, 0.15) is 5.56 Å². The minimum atomic E-state index is -4.02. The predicted octanol–water partition coefficient (Wildman–Crippen LogP) is 2.94. The molecule has 0 aliphatic heterocycles. The third-order valence-corrected chi connectivity index (χ3v) is 4.09. The Morgan fingerprint density at radius 1 is 1.00 bits per heavy atom. The van der Waals surface area contributed by atoms with Gasteiger partial charge in [-0.3, -0.25) is 4.55 Å². The number of benzene rings is 1. The van der Waals surface area contributed by atoms with Crippen molar-refractivity contribution in [1.29, 1.82) is 0 Å². The highest BCUT2D eigenvalue weighted by molar-refractivity contribution is 7.85. The fraction of sp³-hybridized carbons (Fsp3) is 0.176. The van der Waals surface area contributed by atoms with Crippen molar-refractivity contribution in [3.05, 3.63) is 60.3 Å². The molecule has 0 saturated heterocycles. The normalized spacial score (nSPS) is 10.8. The topological polar surface area (TPSA) is 83.4 Å². The van der Waals surface area contributed by atoms with Crippen molar-refractivity contribution >= 4 is 27.0 Å². The number of anilines is 1. The monoisotopic (exact) mass is 345 g/mol. The van der Waals surface area contributed by atoms with Crippen LogP contribution in [0.2, 0.25) is 0 Å². The highest BCUT2D eigenvalue weighted by Crippen LogP contribution is 2.13. The number of rotatable bonds is 2. The van der Waals surface area contributed by atoms with Crippen LogP contribution in [-0.4, -0.2) is 37.0 Å². The zero-order chi connectivity index (χ0) is 17.7. The zero-order valence-electron chi connectivity index (χ0n) is 13.7. The number of fused-ring (bicyclic) bond motifs is 1. The molecule has 1 N–H and O–H groups in total. The molecule has 0 unspecified atom stereocenters. The van der Waals surface area contributed by atoms with Crippen LogP contribution in [0, 0.1) is 6.92 Å². The van der Waals surface area contributed by atoms with Crippen LogP contribution in [0.15, 0.2) is 59.6 Å². The van der Waals surface area contributed by atoms with Crippen molar-refractivity contribution < 1.29 is 13.0 Å². The molecule has 0 bridgehead atoms. The Morgan fingerprint density at radius 2 is 1.67 bits per heavy atom. The first kappa shape index (κ1) is 17.8. The maximum atomic E-state index is 10.5. The van der Waals surface area contributed by atoms with Crippen LogP contribution in [0.4, 0.5) is 5.82 Å². The summed E-state index contributed by atoms with van der Waals surface area (Å²) in [5, 5.41) is 1.08. The summed E-state index contributed by atoms with van der Waals surface area (Å²) in [5.41, 5.74) is 1.76. The molecule has 126 valence electrons. The molecule has 0 saturated carbocycles. The van der Waals surface area contributed by atoms with E-state index < -0.39 is 10.1 Å². The Hall–Kier alpha value is -2.51. The van der Waals surface area contributed by atoms with E-state index in [1.54, 1.807) is 18.3 Å². The minimum absolute atomic E-state index is 0.0666. The molecular formula is C17H19N3O3S. The zero-order valence-corrected chi connectivity index (χ0v) is 14.5. The maximum absolute atomic E-state index is 10.5. The number of hydrogen-bond acceptors (Lipinski definition) is 5. The van der Waals surface area contributed by atoms with Crippen molar-refractivity contribution in [2.45, 2.75) is 11.8 Å². The van der Waals surface area contributed by atoms with Gasteiger partial charge in [0.05, 0.1) is 4.90 Å². The van der Waals surface area contributed by atoms with Crippen LogP contribution in [0.5, 0.6) is 0 Å². The number of pyridine rings is 2. The molecule has 3 rings (SSSR count). The SMILES string of the molecule is CN(C)c1ccc2cccnc2n1.Cc1ccc(S(=O)(=O)O)cc1. The highest BCUT2D eigenvalue weighted by Gasteiger charge is 2.06. The molecule has 0 aliphatic rings. The number of aromatic nitrogens is 2. The van der Waals surface area contributed by atoms with Crippen LogP contribution < -0.4 is 4.90 Å². The molecule has 0 aliphatic carbocycles. The smallest absolute Gasteiger partial charge is 0.294 e. The van der Waals surface area contributed by atoms with Crippen LogP contribution in [0.3, 0.4) is 0 Å². The summed E-state index contributed by atoms with van der Waals surface area (Å²) < 4.78 is 29.6. The summed E-state index contributed by atoms with van der Waals surface area (Å²) in [6.45, 7) is 1.84. The lowest BCUT2D eigenvalue weighted by molar-refractivity contribution is 0.483. The van der Waals surface area contributed by atoms with E-state index in [0.29, 0.717) is 0 Å². The van der Waals surface area contributed by atoms with E-state index in [2.05, 4.69) is 9.97 Å². The lowest BCUT2D eigenvalue weighted by Gasteiger charge is -2.10. The molecule has 3 aromatic rings. The molecule has 0 amide bonds. The molecule has 2 heterocycles. The second kappa shape index (κ2) is 7.37. The van der Waals surface area contributed by atoms with Gasteiger partial charge in [0.15, 0.2) is 5.65 Å². The van der Waals surface area contributed by atoms with Crippen molar-refractivity contribution in [2.24, 2.45) is 0 Å². The Kier molecular flexibility index (Phi) is 5.48. The van der Waals surface area contributed by atoms with Crippen LogP contribution in [-0.2, 0) is 10.1 Å². The lowest BCUT2D eigenvalue weighted by atomic mass is 10.2. The maximum Gasteiger partial charge on any atom is 0.294 e. The highest BCUT2D eigenvalue weighted by atomic mass is 32.2. The van der Waals surface area contributed by atoms with Gasteiger partial charge in [-0.2, -0.15) is 8.42 Å². The van der Waals surface area contributed by atoms with Crippen molar-refractivity contribution in [2.75, 3.05) is 19.0 Å². The van der Waals surface area contributed by atoms with Crippen molar-refractivity contribution in [3.63, 3.8) is 0 Å². The molecule has 24 heavy (non-hydrogen) atoms. The van der Waals surface area contributed by atoms with Gasteiger partial charge < -0.3 is 4.90 Å². The van der Waals surface area contributed by atoms with Gasteiger partial charge in [-0.15, -0.1) is 0 Å². The molecule has 2 aromatic heterocycles. The van der Waals surface area contributed by atoms with E-state index in [1.807, 2.05) is 50.2 Å². The number of nitrogens with zero attached hydrogens (tertiary/aromatic N) is 3. The second-order valence-corrected chi connectivity index (χ2v) is 6.82. The third-order valence-electron chi connectivity index (χ3n) is 3.23. The van der Waals surface area contributed by atoms with Gasteiger partial charge in [0.1, 0.15) is 5.82 Å². The van der Waals surface area contributed by atoms with Crippen molar-refractivity contribution in [3.8, 4) is 0 Å². The van der Waals surface area contributed by atoms with E-state index in [1.165, 1.54) is 12.1 Å². The van der Waals surface area contributed by atoms with Crippen molar-refractivity contribution in [1.82, 2.24) is 9.97 Å². The summed E-state index contributed by atoms with van der Waals surface area (Å²) in [6, 6.07) is 13.9. The Balaban J connectivity index is 0.000000177. The van der Waals surface area contributed by atoms with E-state index in [4.69, 9.17) is 4.55 Å². The minimum Gasteiger partial charge on any atom is -0.363 e. The van der Waals surface area contributed by atoms with E-state index in [-0.39, 0.29) is 4.90 Å². The molecule has 1 aromatic carbocycles. The largest absolute Gasteiger partial charge is 0.363 e. The van der Waals surface area contributed by atoms with E-state index >= 15 is 0 Å². The van der Waals surface area contributed by atoms with Gasteiger partial charge in [0, 0.05) is 25.7 Å². The first-order valence-corrected chi connectivity index (χ1v) is 8.64. The number of aryl methyl sites for hydroxylation is 1.